The van der Waals surface area contributed by atoms with Crippen LogP contribution in [0.5, 0.6) is 0 Å². The Bertz CT molecular complexity index is 540. The van der Waals surface area contributed by atoms with E-state index in [-0.39, 0.29) is 13.1 Å². The van der Waals surface area contributed by atoms with Crippen LogP contribution in [0.1, 0.15) is 12.5 Å². The number of benzene rings is 1. The van der Waals surface area contributed by atoms with Gasteiger partial charge in [0.05, 0.1) is 11.3 Å². The third-order valence-electron chi connectivity index (χ3n) is 2.34. The van der Waals surface area contributed by atoms with E-state index in [1.54, 1.807) is 25.1 Å². The smallest absolute Gasteiger partial charge is 0.323 e. The molecule has 0 spiro atoms. The van der Waals surface area contributed by atoms with Gasteiger partial charge in [-0.25, -0.2) is 4.79 Å². The number of hydrogen-bond donors (Lipinski definition) is 2. The molecule has 0 aliphatic rings. The number of hydrogen-bond acceptors (Lipinski definition) is 3. The molecule has 0 radical (unpaired) electrons. The molecule has 0 saturated carbocycles. The molecule has 2 amide bonds. The first-order chi connectivity index (χ1) is 8.97. The zero-order valence-corrected chi connectivity index (χ0v) is 11.8. The van der Waals surface area contributed by atoms with Crippen molar-refractivity contribution in [1.82, 2.24) is 4.90 Å². The van der Waals surface area contributed by atoms with E-state index in [0.717, 1.165) is 9.37 Å². The third kappa shape index (κ3) is 4.26. The lowest BCUT2D eigenvalue weighted by Gasteiger charge is -2.19. The van der Waals surface area contributed by atoms with Crippen LogP contribution >= 0.6 is 15.9 Å². The molecule has 0 aromatic heterocycles. The number of anilines is 1. The highest BCUT2D eigenvalue weighted by atomic mass is 79.9. The molecule has 6 nitrogen and oxygen atoms in total. The van der Waals surface area contributed by atoms with Crippen LogP contribution in [0.25, 0.3) is 0 Å². The predicted molar refractivity (Wildman–Crippen MR) is 72.8 cm³/mol. The number of carbonyl (C=O) groups is 2. The number of amides is 2. The van der Waals surface area contributed by atoms with Gasteiger partial charge in [-0.2, -0.15) is 5.26 Å². The van der Waals surface area contributed by atoms with Gasteiger partial charge in [0.2, 0.25) is 0 Å². The Morgan fingerprint density at radius 2 is 2.21 bits per heavy atom. The van der Waals surface area contributed by atoms with E-state index in [0.29, 0.717) is 11.3 Å². The van der Waals surface area contributed by atoms with Crippen molar-refractivity contribution in [2.45, 2.75) is 6.92 Å². The van der Waals surface area contributed by atoms with Gasteiger partial charge in [-0.1, -0.05) is 15.9 Å². The van der Waals surface area contributed by atoms with E-state index in [9.17, 15) is 9.59 Å². The van der Waals surface area contributed by atoms with Crippen molar-refractivity contribution in [2.75, 3.05) is 18.4 Å². The van der Waals surface area contributed by atoms with Gasteiger partial charge in [0, 0.05) is 11.0 Å². The maximum Gasteiger partial charge on any atom is 0.323 e. The first-order valence-corrected chi connectivity index (χ1v) is 6.24. The molecule has 2 N–H and O–H groups in total. The summed E-state index contributed by atoms with van der Waals surface area (Å²) in [4.78, 5) is 23.6. The van der Waals surface area contributed by atoms with Crippen LogP contribution in [-0.2, 0) is 4.79 Å². The SMILES string of the molecule is CCN(CC(=O)O)C(=O)Nc1ccc(Br)cc1C#N. The van der Waals surface area contributed by atoms with Gasteiger partial charge in [0.15, 0.2) is 0 Å². The van der Waals surface area contributed by atoms with Crippen LogP contribution < -0.4 is 5.32 Å². The van der Waals surface area contributed by atoms with Crippen LogP contribution in [0.4, 0.5) is 10.5 Å². The van der Waals surface area contributed by atoms with Crippen LogP contribution in [-0.4, -0.2) is 35.1 Å². The van der Waals surface area contributed by atoms with Crippen molar-refractivity contribution in [1.29, 1.82) is 5.26 Å². The average Bonchev–Trinajstić information content (AvgIpc) is 2.37. The molecule has 1 rings (SSSR count). The molecule has 7 heteroatoms. The average molecular weight is 326 g/mol. The summed E-state index contributed by atoms with van der Waals surface area (Å²) in [5, 5.41) is 20.2. The number of aliphatic carboxylic acids is 1. The molecule has 0 atom stereocenters. The summed E-state index contributed by atoms with van der Waals surface area (Å²) >= 11 is 3.23. The predicted octanol–water partition coefficient (Wildman–Crippen LogP) is 2.26. The molecule has 0 aliphatic carbocycles. The summed E-state index contributed by atoms with van der Waals surface area (Å²) in [5.41, 5.74) is 0.647. The van der Waals surface area contributed by atoms with Gasteiger partial charge < -0.3 is 15.3 Å². The molecule has 0 unspecified atom stereocenters. The highest BCUT2D eigenvalue weighted by Crippen LogP contribution is 2.20. The lowest BCUT2D eigenvalue weighted by Crippen LogP contribution is -2.38. The van der Waals surface area contributed by atoms with Gasteiger partial charge in [-0.3, -0.25) is 4.79 Å². The minimum absolute atomic E-state index is 0.260. The summed E-state index contributed by atoms with van der Waals surface area (Å²) in [6, 6.07) is 6.24. The molecule has 0 heterocycles. The second-order valence-corrected chi connectivity index (χ2v) is 4.56. The lowest BCUT2D eigenvalue weighted by molar-refractivity contribution is -0.137. The Balaban J connectivity index is 2.87. The maximum absolute atomic E-state index is 11.9. The highest BCUT2D eigenvalue weighted by Gasteiger charge is 2.16. The molecule has 0 aliphatic heterocycles. The molecule has 100 valence electrons. The largest absolute Gasteiger partial charge is 0.480 e. The third-order valence-corrected chi connectivity index (χ3v) is 2.83. The normalized spacial score (nSPS) is 9.53. The number of carbonyl (C=O) groups excluding carboxylic acids is 1. The van der Waals surface area contributed by atoms with Crippen molar-refractivity contribution in [3.63, 3.8) is 0 Å². The number of carboxylic acids is 1. The summed E-state index contributed by atoms with van der Waals surface area (Å²) in [5.74, 6) is -1.09. The molecule has 0 fully saturated rings. The fourth-order valence-corrected chi connectivity index (χ4v) is 1.76. The number of urea groups is 1. The summed E-state index contributed by atoms with van der Waals surface area (Å²) in [6.45, 7) is 1.55. The number of carboxylic acid groups (broad SMARTS) is 1. The van der Waals surface area contributed by atoms with Gasteiger partial charge in [0.25, 0.3) is 0 Å². The number of nitrogens with zero attached hydrogens (tertiary/aromatic N) is 2. The van der Waals surface area contributed by atoms with E-state index in [4.69, 9.17) is 10.4 Å². The highest BCUT2D eigenvalue weighted by molar-refractivity contribution is 9.10. The van der Waals surface area contributed by atoms with Gasteiger partial charge >= 0.3 is 12.0 Å². The Labute approximate surface area is 118 Å². The first-order valence-electron chi connectivity index (χ1n) is 5.45. The van der Waals surface area contributed by atoms with Crippen molar-refractivity contribution in [3.05, 3.63) is 28.2 Å². The van der Waals surface area contributed by atoms with Crippen molar-refractivity contribution in [3.8, 4) is 6.07 Å². The number of nitrogens with one attached hydrogen (secondary N) is 1. The van der Waals surface area contributed by atoms with E-state index in [1.165, 1.54) is 0 Å². The van der Waals surface area contributed by atoms with Gasteiger partial charge in [-0.15, -0.1) is 0 Å². The minimum Gasteiger partial charge on any atom is -0.480 e. The number of nitriles is 1. The van der Waals surface area contributed by atoms with E-state index in [2.05, 4.69) is 21.2 Å². The zero-order valence-electron chi connectivity index (χ0n) is 10.2. The summed E-state index contributed by atoms with van der Waals surface area (Å²) < 4.78 is 0.722. The standard InChI is InChI=1S/C12H12BrN3O3/c1-2-16(7-11(17)18)12(19)15-10-4-3-9(13)5-8(10)6-14/h3-5H,2,7H2,1H3,(H,15,19)(H,17,18). The van der Waals surface area contributed by atoms with Crippen LogP contribution in [0, 0.1) is 11.3 Å². The zero-order chi connectivity index (χ0) is 14.4. The van der Waals surface area contributed by atoms with Crippen LogP contribution in [0.15, 0.2) is 22.7 Å². The summed E-state index contributed by atoms with van der Waals surface area (Å²) in [6.07, 6.45) is 0. The van der Waals surface area contributed by atoms with Crippen molar-refractivity contribution < 1.29 is 14.7 Å². The van der Waals surface area contributed by atoms with E-state index in [1.807, 2.05) is 6.07 Å². The molecule has 0 bridgehead atoms. The maximum atomic E-state index is 11.9. The number of likely N-dealkylation sites (N-methyl/N-ethyl adjacent to an activating group) is 1. The molecule has 1 aromatic rings. The Hall–Kier alpha value is -2.07. The minimum atomic E-state index is -1.09. The lowest BCUT2D eigenvalue weighted by atomic mass is 10.2. The quantitative estimate of drug-likeness (QED) is 0.887. The number of halogens is 1. The van der Waals surface area contributed by atoms with Crippen molar-refractivity contribution in [2.24, 2.45) is 0 Å². The number of rotatable bonds is 4. The second-order valence-electron chi connectivity index (χ2n) is 3.64. The van der Waals surface area contributed by atoms with Gasteiger partial charge in [0.1, 0.15) is 12.6 Å². The second kappa shape index (κ2) is 6.75. The van der Waals surface area contributed by atoms with Crippen LogP contribution in [0.3, 0.4) is 0 Å². The first kappa shape index (κ1) is 15.0. The van der Waals surface area contributed by atoms with E-state index >= 15 is 0 Å². The topological polar surface area (TPSA) is 93.4 Å². The molecular formula is C12H12BrN3O3. The molecule has 19 heavy (non-hydrogen) atoms. The Kier molecular flexibility index (Phi) is 5.33. The molecule has 1 aromatic carbocycles. The van der Waals surface area contributed by atoms with Gasteiger partial charge in [-0.05, 0) is 25.1 Å². The van der Waals surface area contributed by atoms with Crippen molar-refractivity contribution >= 4 is 33.6 Å². The fraction of sp³-hybridized carbons (Fsp3) is 0.250. The molecular weight excluding hydrogens is 314 g/mol. The van der Waals surface area contributed by atoms with Crippen LogP contribution in [0.2, 0.25) is 0 Å². The Morgan fingerprint density at radius 1 is 1.53 bits per heavy atom. The van der Waals surface area contributed by atoms with E-state index < -0.39 is 12.0 Å². The molecule has 0 saturated heterocycles. The fourth-order valence-electron chi connectivity index (χ4n) is 1.40. The monoisotopic (exact) mass is 325 g/mol. The summed E-state index contributed by atoms with van der Waals surface area (Å²) in [7, 11) is 0. The Morgan fingerprint density at radius 3 is 2.74 bits per heavy atom.